The largest absolute Gasteiger partial charge is 0.311 e. The fourth-order valence-electron chi connectivity index (χ4n) is 3.07. The van der Waals surface area contributed by atoms with Crippen molar-refractivity contribution in [2.75, 3.05) is 40.3 Å². The van der Waals surface area contributed by atoms with Crippen LogP contribution in [0.1, 0.15) is 46.5 Å². The summed E-state index contributed by atoms with van der Waals surface area (Å²) in [5.74, 6) is 0.797. The van der Waals surface area contributed by atoms with Gasteiger partial charge in [0.1, 0.15) is 0 Å². The molecule has 114 valence electrons. The second kappa shape index (κ2) is 8.93. The van der Waals surface area contributed by atoms with Gasteiger partial charge in [-0.1, -0.05) is 20.8 Å². The van der Waals surface area contributed by atoms with Gasteiger partial charge in [-0.05, 0) is 58.8 Å². The van der Waals surface area contributed by atoms with E-state index in [4.69, 9.17) is 0 Å². The lowest BCUT2D eigenvalue weighted by atomic mass is 9.98. The monoisotopic (exact) mass is 269 g/mol. The summed E-state index contributed by atoms with van der Waals surface area (Å²) in [6.45, 7) is 11.9. The van der Waals surface area contributed by atoms with Gasteiger partial charge in [-0.3, -0.25) is 4.90 Å². The summed E-state index contributed by atoms with van der Waals surface area (Å²) >= 11 is 0. The Hall–Kier alpha value is -0.120. The smallest absolute Gasteiger partial charge is 0.0218 e. The first-order chi connectivity index (χ1) is 9.02. The molecule has 19 heavy (non-hydrogen) atoms. The van der Waals surface area contributed by atoms with E-state index in [9.17, 15) is 0 Å². The first kappa shape index (κ1) is 16.9. The third-order valence-electron chi connectivity index (χ3n) is 4.14. The van der Waals surface area contributed by atoms with E-state index < -0.39 is 0 Å². The lowest BCUT2D eigenvalue weighted by Gasteiger charge is -2.41. The first-order valence-electron chi connectivity index (χ1n) is 8.15. The Labute approximate surface area is 120 Å². The molecular weight excluding hydrogens is 234 g/mol. The van der Waals surface area contributed by atoms with E-state index in [0.717, 1.165) is 12.0 Å². The van der Waals surface area contributed by atoms with Crippen molar-refractivity contribution in [1.29, 1.82) is 0 Å². The zero-order chi connectivity index (χ0) is 14.3. The molecular formula is C16H35N3. The van der Waals surface area contributed by atoms with Crippen LogP contribution in [0.5, 0.6) is 0 Å². The van der Waals surface area contributed by atoms with Gasteiger partial charge in [-0.25, -0.2) is 0 Å². The number of hydrogen-bond donors (Lipinski definition) is 1. The van der Waals surface area contributed by atoms with Crippen LogP contribution in [0.25, 0.3) is 0 Å². The molecule has 0 aromatic heterocycles. The molecule has 3 nitrogen and oxygen atoms in total. The van der Waals surface area contributed by atoms with Crippen LogP contribution in [0, 0.1) is 5.92 Å². The van der Waals surface area contributed by atoms with Crippen LogP contribution in [0.2, 0.25) is 0 Å². The summed E-state index contributed by atoms with van der Waals surface area (Å²) in [5, 5.41) is 3.74. The van der Waals surface area contributed by atoms with E-state index in [2.05, 4.69) is 50.0 Å². The predicted octanol–water partition coefficient (Wildman–Crippen LogP) is 2.43. The van der Waals surface area contributed by atoms with E-state index >= 15 is 0 Å². The van der Waals surface area contributed by atoms with Crippen LogP contribution >= 0.6 is 0 Å². The van der Waals surface area contributed by atoms with Gasteiger partial charge in [0.15, 0.2) is 0 Å². The molecule has 0 spiro atoms. The van der Waals surface area contributed by atoms with E-state index in [0.29, 0.717) is 6.04 Å². The van der Waals surface area contributed by atoms with Crippen molar-refractivity contribution < 1.29 is 0 Å². The minimum absolute atomic E-state index is 0.705. The Morgan fingerprint density at radius 1 is 1.26 bits per heavy atom. The number of piperazine rings is 1. The van der Waals surface area contributed by atoms with Crippen molar-refractivity contribution in [3.05, 3.63) is 0 Å². The molecule has 0 aromatic rings. The van der Waals surface area contributed by atoms with Gasteiger partial charge >= 0.3 is 0 Å². The average Bonchev–Trinajstić information content (AvgIpc) is 2.34. The molecule has 0 aliphatic carbocycles. The fourth-order valence-corrected chi connectivity index (χ4v) is 3.07. The molecule has 1 saturated heterocycles. The maximum Gasteiger partial charge on any atom is 0.0218 e. The normalized spacial score (nSPS) is 25.4. The van der Waals surface area contributed by atoms with E-state index in [1.165, 1.54) is 51.9 Å². The Balaban J connectivity index is 2.32. The molecule has 1 rings (SSSR count). The zero-order valence-electron chi connectivity index (χ0n) is 13.8. The van der Waals surface area contributed by atoms with Gasteiger partial charge < -0.3 is 10.2 Å². The van der Waals surface area contributed by atoms with Crippen molar-refractivity contribution in [2.24, 2.45) is 5.92 Å². The van der Waals surface area contributed by atoms with Crippen molar-refractivity contribution >= 4 is 0 Å². The van der Waals surface area contributed by atoms with E-state index in [-0.39, 0.29) is 0 Å². The summed E-state index contributed by atoms with van der Waals surface area (Å²) in [6, 6.07) is 1.46. The van der Waals surface area contributed by atoms with Crippen LogP contribution in [0.15, 0.2) is 0 Å². The van der Waals surface area contributed by atoms with Crippen LogP contribution in [0.4, 0.5) is 0 Å². The third-order valence-corrected chi connectivity index (χ3v) is 4.14. The molecule has 0 saturated carbocycles. The van der Waals surface area contributed by atoms with Crippen molar-refractivity contribution in [3.8, 4) is 0 Å². The van der Waals surface area contributed by atoms with E-state index in [1.807, 2.05) is 0 Å². The molecule has 1 N–H and O–H groups in total. The number of hydrogen-bond acceptors (Lipinski definition) is 3. The quantitative estimate of drug-likeness (QED) is 0.683. The second-order valence-electron chi connectivity index (χ2n) is 6.80. The van der Waals surface area contributed by atoms with Gasteiger partial charge in [0.2, 0.25) is 0 Å². The lowest BCUT2D eigenvalue weighted by molar-refractivity contribution is 0.116. The highest BCUT2D eigenvalue weighted by Gasteiger charge is 2.26. The van der Waals surface area contributed by atoms with Crippen LogP contribution in [-0.2, 0) is 0 Å². The van der Waals surface area contributed by atoms with Crippen LogP contribution in [0.3, 0.4) is 0 Å². The van der Waals surface area contributed by atoms with Gasteiger partial charge in [0.25, 0.3) is 0 Å². The third kappa shape index (κ3) is 6.73. The highest BCUT2D eigenvalue weighted by atomic mass is 15.2. The summed E-state index contributed by atoms with van der Waals surface area (Å²) in [5.41, 5.74) is 0. The molecule has 3 heteroatoms. The lowest BCUT2D eigenvalue weighted by Crippen LogP contribution is -2.56. The van der Waals surface area contributed by atoms with Gasteiger partial charge in [0.05, 0.1) is 0 Å². The molecule has 0 bridgehead atoms. The molecule has 1 aliphatic rings. The average molecular weight is 269 g/mol. The van der Waals surface area contributed by atoms with Crippen molar-refractivity contribution in [3.63, 3.8) is 0 Å². The minimum atomic E-state index is 0.705. The molecule has 1 aliphatic heterocycles. The maximum absolute atomic E-state index is 3.74. The molecule has 0 amide bonds. The summed E-state index contributed by atoms with van der Waals surface area (Å²) < 4.78 is 0. The van der Waals surface area contributed by atoms with Gasteiger partial charge in [-0.15, -0.1) is 0 Å². The standard InChI is InChI=1S/C16H35N3/c1-6-16-12-17-15(11-14(2)3)13-19(16)10-8-7-9-18(4)5/h14-17H,6-13H2,1-5H3. The maximum atomic E-state index is 3.74. The molecule has 1 fully saturated rings. The molecule has 2 atom stereocenters. The molecule has 0 radical (unpaired) electrons. The molecule has 0 aromatic carbocycles. The Morgan fingerprint density at radius 2 is 2.00 bits per heavy atom. The van der Waals surface area contributed by atoms with E-state index in [1.54, 1.807) is 0 Å². The van der Waals surface area contributed by atoms with Crippen molar-refractivity contribution in [2.45, 2.75) is 58.5 Å². The first-order valence-corrected chi connectivity index (χ1v) is 8.15. The Kier molecular flexibility index (Phi) is 7.96. The predicted molar refractivity (Wildman–Crippen MR) is 84.7 cm³/mol. The highest BCUT2D eigenvalue weighted by Crippen LogP contribution is 2.15. The Bertz CT molecular complexity index is 228. The summed E-state index contributed by atoms with van der Waals surface area (Å²) in [7, 11) is 4.33. The summed E-state index contributed by atoms with van der Waals surface area (Å²) in [6.07, 6.45) is 5.24. The molecule has 1 heterocycles. The fraction of sp³-hybridized carbons (Fsp3) is 1.00. The van der Waals surface area contributed by atoms with Crippen LogP contribution in [-0.4, -0.2) is 62.2 Å². The number of nitrogens with zero attached hydrogens (tertiary/aromatic N) is 2. The SMILES string of the molecule is CCC1CNC(CC(C)C)CN1CCCCN(C)C. The van der Waals surface area contributed by atoms with Gasteiger partial charge in [0, 0.05) is 25.2 Å². The van der Waals surface area contributed by atoms with Crippen LogP contribution < -0.4 is 5.32 Å². The summed E-state index contributed by atoms with van der Waals surface area (Å²) in [4.78, 5) is 5.02. The number of rotatable bonds is 8. The van der Waals surface area contributed by atoms with Crippen molar-refractivity contribution in [1.82, 2.24) is 15.1 Å². The second-order valence-corrected chi connectivity index (χ2v) is 6.80. The number of unbranched alkanes of at least 4 members (excludes halogenated alkanes) is 1. The molecule has 2 unspecified atom stereocenters. The zero-order valence-corrected chi connectivity index (χ0v) is 13.8. The minimum Gasteiger partial charge on any atom is -0.311 e. The number of nitrogens with one attached hydrogen (secondary N) is 1. The van der Waals surface area contributed by atoms with Gasteiger partial charge in [-0.2, -0.15) is 0 Å². The topological polar surface area (TPSA) is 18.5 Å². The highest BCUT2D eigenvalue weighted by molar-refractivity contribution is 4.85. The Morgan fingerprint density at radius 3 is 2.58 bits per heavy atom.